The lowest BCUT2D eigenvalue weighted by Crippen LogP contribution is -2.20. The molecule has 0 unspecified atom stereocenters. The number of hydrogen-bond acceptors (Lipinski definition) is 7. The fourth-order valence-corrected chi connectivity index (χ4v) is 4.03. The number of Topliss-reactive ketones (excluding diaryl/α,β-unsaturated/α-hetero) is 1. The largest absolute Gasteiger partial charge is 0.376 e. The van der Waals surface area contributed by atoms with E-state index in [0.29, 0.717) is 23.7 Å². The summed E-state index contributed by atoms with van der Waals surface area (Å²) in [6.07, 6.45) is 2.55. The van der Waals surface area contributed by atoms with Crippen LogP contribution in [0.3, 0.4) is 0 Å². The summed E-state index contributed by atoms with van der Waals surface area (Å²) >= 11 is 1.32. The van der Waals surface area contributed by atoms with Gasteiger partial charge in [0.05, 0.1) is 24.8 Å². The number of fused-ring (bicyclic) bond motifs is 1. The molecule has 1 aromatic heterocycles. The summed E-state index contributed by atoms with van der Waals surface area (Å²) in [7, 11) is 1.75. The average molecular weight is 373 g/mol. The van der Waals surface area contributed by atoms with Gasteiger partial charge >= 0.3 is 0 Å². The molecule has 136 valence electrons. The Kier molecular flexibility index (Phi) is 4.73. The molecule has 4 rings (SSSR count). The number of carbonyl (C=O) groups is 2. The van der Waals surface area contributed by atoms with Crippen LogP contribution < -0.4 is 4.90 Å². The zero-order valence-electron chi connectivity index (χ0n) is 14.4. The molecule has 1 amide bonds. The molecule has 0 bridgehead atoms. The van der Waals surface area contributed by atoms with Gasteiger partial charge in [0.2, 0.25) is 11.1 Å². The van der Waals surface area contributed by atoms with Gasteiger partial charge in [-0.05, 0) is 47.0 Å². The minimum atomic E-state index is -0.00790. The molecule has 1 fully saturated rings. The number of tetrazole rings is 1. The van der Waals surface area contributed by atoms with E-state index < -0.39 is 0 Å². The summed E-state index contributed by atoms with van der Waals surface area (Å²) < 4.78 is 7.31. The lowest BCUT2D eigenvalue weighted by Gasteiger charge is -2.11. The summed E-state index contributed by atoms with van der Waals surface area (Å²) in [5.41, 5.74) is 2.38. The Morgan fingerprint density at radius 2 is 2.31 bits per heavy atom. The van der Waals surface area contributed by atoms with E-state index in [9.17, 15) is 9.59 Å². The first-order chi connectivity index (χ1) is 12.6. The molecule has 0 radical (unpaired) electrons. The first kappa shape index (κ1) is 17.2. The number of carbonyl (C=O) groups excluding carboxylic acids is 2. The Morgan fingerprint density at radius 3 is 3.12 bits per heavy atom. The molecule has 1 atom stereocenters. The lowest BCUT2D eigenvalue weighted by molar-refractivity contribution is -0.117. The SMILES string of the molecule is CN1C(=O)Cc2cc(C(=O)CSc3nnnn3C[C@H]3CCCO3)ccc21. The Morgan fingerprint density at radius 1 is 1.42 bits per heavy atom. The maximum absolute atomic E-state index is 12.5. The minimum Gasteiger partial charge on any atom is -0.376 e. The molecule has 0 spiro atoms. The number of anilines is 1. The summed E-state index contributed by atoms with van der Waals surface area (Å²) in [6.45, 7) is 1.39. The first-order valence-electron chi connectivity index (χ1n) is 8.55. The number of thioether (sulfide) groups is 1. The normalized spacial score (nSPS) is 19.2. The van der Waals surface area contributed by atoms with Gasteiger partial charge in [0.15, 0.2) is 5.78 Å². The quantitative estimate of drug-likeness (QED) is 0.557. The molecule has 1 saturated heterocycles. The van der Waals surface area contributed by atoms with Crippen LogP contribution in [0.2, 0.25) is 0 Å². The average Bonchev–Trinajstić information content (AvgIpc) is 3.36. The van der Waals surface area contributed by atoms with Gasteiger partial charge in [-0.3, -0.25) is 9.59 Å². The Balaban J connectivity index is 1.40. The van der Waals surface area contributed by atoms with Crippen molar-refractivity contribution in [3.05, 3.63) is 29.3 Å². The second kappa shape index (κ2) is 7.16. The summed E-state index contributed by atoms with van der Waals surface area (Å²) in [4.78, 5) is 25.9. The molecule has 3 heterocycles. The standard InChI is InChI=1S/C17H19N5O3S/c1-21-14-5-4-11(7-12(14)8-16(21)24)15(23)10-26-17-18-19-20-22(17)9-13-3-2-6-25-13/h4-5,7,13H,2-3,6,8-10H2,1H3/t13-/m1/s1. The fourth-order valence-electron chi connectivity index (χ4n) is 3.25. The van der Waals surface area contributed by atoms with Crippen LogP contribution in [0.15, 0.2) is 23.4 Å². The monoisotopic (exact) mass is 373 g/mol. The van der Waals surface area contributed by atoms with Crippen molar-refractivity contribution in [1.29, 1.82) is 0 Å². The van der Waals surface area contributed by atoms with E-state index in [2.05, 4.69) is 15.5 Å². The molecule has 26 heavy (non-hydrogen) atoms. The maximum atomic E-state index is 12.5. The maximum Gasteiger partial charge on any atom is 0.231 e. The number of likely N-dealkylation sites (N-methyl/N-ethyl adjacent to an activating group) is 1. The molecular formula is C17H19N5O3S. The third kappa shape index (κ3) is 3.36. The Hall–Kier alpha value is -2.26. The van der Waals surface area contributed by atoms with Gasteiger partial charge in [0.25, 0.3) is 0 Å². The number of aromatic nitrogens is 4. The van der Waals surface area contributed by atoms with E-state index in [1.807, 2.05) is 12.1 Å². The second-order valence-electron chi connectivity index (χ2n) is 6.46. The van der Waals surface area contributed by atoms with Crippen molar-refractivity contribution >= 4 is 29.1 Å². The second-order valence-corrected chi connectivity index (χ2v) is 7.41. The van der Waals surface area contributed by atoms with E-state index >= 15 is 0 Å². The van der Waals surface area contributed by atoms with Crippen molar-refractivity contribution in [3.63, 3.8) is 0 Å². The summed E-state index contributed by atoms with van der Waals surface area (Å²) in [5, 5.41) is 12.3. The van der Waals surface area contributed by atoms with Crippen LogP contribution in [0.25, 0.3) is 0 Å². The number of ketones is 1. The predicted molar refractivity (Wildman–Crippen MR) is 95.4 cm³/mol. The summed E-state index contributed by atoms with van der Waals surface area (Å²) in [5.74, 6) is 0.285. The topological polar surface area (TPSA) is 90.2 Å². The third-order valence-electron chi connectivity index (χ3n) is 4.71. The van der Waals surface area contributed by atoms with Crippen LogP contribution in [0.1, 0.15) is 28.8 Å². The van der Waals surface area contributed by atoms with Crippen molar-refractivity contribution in [3.8, 4) is 0 Å². The van der Waals surface area contributed by atoms with Gasteiger partial charge in [0.1, 0.15) is 0 Å². The van der Waals surface area contributed by atoms with Gasteiger partial charge in [0, 0.05) is 24.9 Å². The minimum absolute atomic E-state index is 0.00790. The highest BCUT2D eigenvalue weighted by Crippen LogP contribution is 2.29. The van der Waals surface area contributed by atoms with Gasteiger partial charge < -0.3 is 9.64 Å². The molecule has 1 aromatic carbocycles. The van der Waals surface area contributed by atoms with E-state index in [4.69, 9.17) is 4.74 Å². The molecule has 9 heteroatoms. The summed E-state index contributed by atoms with van der Waals surface area (Å²) in [6, 6.07) is 5.42. The van der Waals surface area contributed by atoms with Gasteiger partial charge in [-0.25, -0.2) is 4.68 Å². The van der Waals surface area contributed by atoms with Crippen molar-refractivity contribution in [1.82, 2.24) is 20.2 Å². The highest BCUT2D eigenvalue weighted by Gasteiger charge is 2.25. The third-order valence-corrected chi connectivity index (χ3v) is 5.67. The first-order valence-corrected chi connectivity index (χ1v) is 9.53. The highest BCUT2D eigenvalue weighted by molar-refractivity contribution is 7.99. The van der Waals surface area contributed by atoms with Crippen LogP contribution in [-0.2, 0) is 22.5 Å². The smallest absolute Gasteiger partial charge is 0.231 e. The van der Waals surface area contributed by atoms with Crippen molar-refractivity contribution in [2.75, 3.05) is 24.3 Å². The molecule has 2 aromatic rings. The highest BCUT2D eigenvalue weighted by atomic mass is 32.2. The number of hydrogen-bond donors (Lipinski definition) is 0. The van der Waals surface area contributed by atoms with Crippen LogP contribution in [0.5, 0.6) is 0 Å². The van der Waals surface area contributed by atoms with Crippen LogP contribution in [-0.4, -0.2) is 57.4 Å². The fraction of sp³-hybridized carbons (Fsp3) is 0.471. The van der Waals surface area contributed by atoms with Crippen molar-refractivity contribution in [2.45, 2.75) is 37.1 Å². The molecule has 2 aliphatic heterocycles. The number of benzene rings is 1. The molecule has 8 nitrogen and oxygen atoms in total. The van der Waals surface area contributed by atoms with Gasteiger partial charge in [-0.2, -0.15) is 0 Å². The van der Waals surface area contributed by atoms with E-state index in [1.54, 1.807) is 22.7 Å². The molecular weight excluding hydrogens is 354 g/mol. The van der Waals surface area contributed by atoms with Gasteiger partial charge in [-0.15, -0.1) is 5.10 Å². The van der Waals surface area contributed by atoms with Crippen LogP contribution >= 0.6 is 11.8 Å². The van der Waals surface area contributed by atoms with Crippen LogP contribution in [0.4, 0.5) is 5.69 Å². The molecule has 0 saturated carbocycles. The van der Waals surface area contributed by atoms with Gasteiger partial charge in [-0.1, -0.05) is 11.8 Å². The zero-order valence-corrected chi connectivity index (χ0v) is 15.2. The Bertz CT molecular complexity index is 847. The van der Waals surface area contributed by atoms with E-state index in [1.165, 1.54) is 11.8 Å². The van der Waals surface area contributed by atoms with E-state index in [-0.39, 0.29) is 23.5 Å². The lowest BCUT2D eigenvalue weighted by atomic mass is 10.1. The van der Waals surface area contributed by atoms with Crippen LogP contribution in [0, 0.1) is 0 Å². The molecule has 0 aliphatic carbocycles. The van der Waals surface area contributed by atoms with Crippen molar-refractivity contribution < 1.29 is 14.3 Å². The van der Waals surface area contributed by atoms with Crippen molar-refractivity contribution in [2.24, 2.45) is 0 Å². The number of nitrogens with zero attached hydrogens (tertiary/aromatic N) is 5. The molecule has 2 aliphatic rings. The Labute approximate surface area is 154 Å². The number of rotatable bonds is 6. The van der Waals surface area contributed by atoms with E-state index in [0.717, 1.165) is 30.7 Å². The molecule has 0 N–H and O–H groups in total. The number of amides is 1. The predicted octanol–water partition coefficient (Wildman–Crippen LogP) is 1.35. The number of ether oxygens (including phenoxy) is 1. The zero-order chi connectivity index (χ0) is 18.1.